The molecule has 0 aliphatic rings. The normalized spacial score (nSPS) is 13.0. The molecule has 0 fully saturated rings. The largest absolute Gasteiger partial charge is 0.380 e. The molecule has 1 unspecified atom stereocenters. The third-order valence-corrected chi connectivity index (χ3v) is 2.86. The van der Waals surface area contributed by atoms with E-state index in [2.05, 4.69) is 43.3 Å². The summed E-state index contributed by atoms with van der Waals surface area (Å²) in [6.07, 6.45) is 3.75. The number of hydrogen-bond acceptors (Lipinski definition) is 2. The Morgan fingerprint density at radius 3 is 2.40 bits per heavy atom. The molecule has 20 heavy (non-hydrogen) atoms. The summed E-state index contributed by atoms with van der Waals surface area (Å²) in [6, 6.07) is 0.462. The predicted molar refractivity (Wildman–Crippen MR) is 99.2 cm³/mol. The van der Waals surface area contributed by atoms with Crippen LogP contribution in [0.5, 0.6) is 0 Å². The van der Waals surface area contributed by atoms with Crippen molar-refractivity contribution in [2.45, 2.75) is 59.9 Å². The summed E-state index contributed by atoms with van der Waals surface area (Å²) in [5.41, 5.74) is 0. The summed E-state index contributed by atoms with van der Waals surface area (Å²) in [6.45, 7) is 13.9. The SMILES string of the molecule is CCNC(=NCCOCC)NC(C)CCCC(C)C.I. The Bertz CT molecular complexity index is 235. The minimum atomic E-state index is 0. The third kappa shape index (κ3) is 14.4. The summed E-state index contributed by atoms with van der Waals surface area (Å²) in [5, 5.41) is 6.72. The van der Waals surface area contributed by atoms with Gasteiger partial charge in [0, 0.05) is 19.2 Å². The van der Waals surface area contributed by atoms with Crippen LogP contribution in [0.3, 0.4) is 0 Å². The van der Waals surface area contributed by atoms with Gasteiger partial charge in [0.25, 0.3) is 0 Å². The molecule has 0 aromatic heterocycles. The molecular weight excluding hydrogens is 365 g/mol. The third-order valence-electron chi connectivity index (χ3n) is 2.86. The highest BCUT2D eigenvalue weighted by Crippen LogP contribution is 2.08. The molecule has 122 valence electrons. The highest BCUT2D eigenvalue weighted by Gasteiger charge is 2.05. The first-order valence-electron chi connectivity index (χ1n) is 7.72. The number of halogens is 1. The predicted octanol–water partition coefficient (Wildman–Crippen LogP) is 3.41. The molecule has 0 heterocycles. The smallest absolute Gasteiger partial charge is 0.191 e. The first kappa shape index (κ1) is 22.2. The van der Waals surface area contributed by atoms with Crippen molar-refractivity contribution in [1.82, 2.24) is 10.6 Å². The molecule has 0 spiro atoms. The fourth-order valence-electron chi connectivity index (χ4n) is 1.82. The molecule has 5 heteroatoms. The minimum Gasteiger partial charge on any atom is -0.380 e. The fraction of sp³-hybridized carbons (Fsp3) is 0.933. The molecule has 0 rings (SSSR count). The van der Waals surface area contributed by atoms with Crippen molar-refractivity contribution in [3.05, 3.63) is 0 Å². The summed E-state index contributed by atoms with van der Waals surface area (Å²) in [7, 11) is 0. The van der Waals surface area contributed by atoms with Crippen molar-refractivity contribution < 1.29 is 4.74 Å². The van der Waals surface area contributed by atoms with E-state index in [1.807, 2.05) is 6.92 Å². The highest BCUT2D eigenvalue weighted by molar-refractivity contribution is 14.0. The van der Waals surface area contributed by atoms with Crippen LogP contribution in [0.15, 0.2) is 4.99 Å². The van der Waals surface area contributed by atoms with Crippen molar-refractivity contribution >= 4 is 29.9 Å². The van der Waals surface area contributed by atoms with Gasteiger partial charge in [0.2, 0.25) is 0 Å². The van der Waals surface area contributed by atoms with Crippen molar-refractivity contribution in [3.8, 4) is 0 Å². The van der Waals surface area contributed by atoms with Crippen LogP contribution in [-0.4, -0.2) is 38.3 Å². The summed E-state index contributed by atoms with van der Waals surface area (Å²) in [4.78, 5) is 4.50. The molecule has 0 aliphatic heterocycles. The van der Waals surface area contributed by atoms with Gasteiger partial charge in [0.1, 0.15) is 0 Å². The Kier molecular flexibility index (Phi) is 17.1. The van der Waals surface area contributed by atoms with Crippen LogP contribution >= 0.6 is 24.0 Å². The monoisotopic (exact) mass is 399 g/mol. The molecule has 1 atom stereocenters. The second-order valence-corrected chi connectivity index (χ2v) is 5.33. The summed E-state index contributed by atoms with van der Waals surface area (Å²) >= 11 is 0. The Balaban J connectivity index is 0. The van der Waals surface area contributed by atoms with E-state index in [0.29, 0.717) is 19.2 Å². The second-order valence-electron chi connectivity index (χ2n) is 5.33. The van der Waals surface area contributed by atoms with Gasteiger partial charge >= 0.3 is 0 Å². The lowest BCUT2D eigenvalue weighted by Crippen LogP contribution is -2.42. The lowest BCUT2D eigenvalue weighted by molar-refractivity contribution is 0.155. The van der Waals surface area contributed by atoms with E-state index in [1.165, 1.54) is 19.3 Å². The van der Waals surface area contributed by atoms with Gasteiger partial charge in [0.05, 0.1) is 13.2 Å². The standard InChI is InChI=1S/C15H33N3O.HI/c1-6-16-15(17-11-12-19-7-2)18-14(5)10-8-9-13(3)4;/h13-14H,6-12H2,1-5H3,(H2,16,17,18);1H. The molecule has 2 N–H and O–H groups in total. The number of ether oxygens (including phenoxy) is 1. The van der Waals surface area contributed by atoms with Crippen LogP contribution in [0.25, 0.3) is 0 Å². The van der Waals surface area contributed by atoms with Crippen LogP contribution in [0.2, 0.25) is 0 Å². The van der Waals surface area contributed by atoms with Crippen LogP contribution in [0.1, 0.15) is 53.9 Å². The van der Waals surface area contributed by atoms with Gasteiger partial charge in [-0.25, -0.2) is 0 Å². The van der Waals surface area contributed by atoms with Gasteiger partial charge in [-0.3, -0.25) is 4.99 Å². The maximum Gasteiger partial charge on any atom is 0.191 e. The maximum absolute atomic E-state index is 5.30. The van der Waals surface area contributed by atoms with Crippen LogP contribution in [0, 0.1) is 5.92 Å². The highest BCUT2D eigenvalue weighted by atomic mass is 127. The zero-order chi connectivity index (χ0) is 14.5. The average molecular weight is 399 g/mol. The number of nitrogens with one attached hydrogen (secondary N) is 2. The van der Waals surface area contributed by atoms with E-state index in [4.69, 9.17) is 4.74 Å². The van der Waals surface area contributed by atoms with Gasteiger partial charge in [-0.1, -0.05) is 26.7 Å². The number of hydrogen-bond donors (Lipinski definition) is 2. The van der Waals surface area contributed by atoms with Crippen LogP contribution in [-0.2, 0) is 4.74 Å². The van der Waals surface area contributed by atoms with E-state index in [1.54, 1.807) is 0 Å². The summed E-state index contributed by atoms with van der Waals surface area (Å²) < 4.78 is 5.30. The summed E-state index contributed by atoms with van der Waals surface area (Å²) in [5.74, 6) is 1.69. The van der Waals surface area contributed by atoms with Crippen LogP contribution in [0.4, 0.5) is 0 Å². The van der Waals surface area contributed by atoms with Crippen molar-refractivity contribution in [2.75, 3.05) is 26.3 Å². The molecule has 0 radical (unpaired) electrons. The van der Waals surface area contributed by atoms with E-state index in [0.717, 1.165) is 25.0 Å². The lowest BCUT2D eigenvalue weighted by atomic mass is 10.0. The second kappa shape index (κ2) is 15.4. The minimum absolute atomic E-state index is 0. The van der Waals surface area contributed by atoms with E-state index in [-0.39, 0.29) is 24.0 Å². The Morgan fingerprint density at radius 1 is 1.15 bits per heavy atom. The van der Waals surface area contributed by atoms with E-state index >= 15 is 0 Å². The molecule has 0 saturated carbocycles. The molecule has 0 aliphatic carbocycles. The molecule has 0 amide bonds. The molecule has 0 aromatic carbocycles. The van der Waals surface area contributed by atoms with Gasteiger partial charge in [-0.2, -0.15) is 0 Å². The van der Waals surface area contributed by atoms with E-state index < -0.39 is 0 Å². The number of rotatable bonds is 10. The first-order valence-corrected chi connectivity index (χ1v) is 7.72. The van der Waals surface area contributed by atoms with Gasteiger partial charge in [0.15, 0.2) is 5.96 Å². The molecule has 0 bridgehead atoms. The van der Waals surface area contributed by atoms with Gasteiger partial charge in [-0.05, 0) is 33.1 Å². The first-order chi connectivity index (χ1) is 9.10. The Hall–Kier alpha value is -0.0400. The number of nitrogens with zero attached hydrogens (tertiary/aromatic N) is 1. The Labute approximate surface area is 142 Å². The topological polar surface area (TPSA) is 45.7 Å². The molecular formula is C15H34IN3O. The van der Waals surface area contributed by atoms with E-state index in [9.17, 15) is 0 Å². The number of aliphatic imine (C=N–C) groups is 1. The maximum atomic E-state index is 5.30. The molecule has 4 nitrogen and oxygen atoms in total. The van der Waals surface area contributed by atoms with Crippen molar-refractivity contribution in [2.24, 2.45) is 10.9 Å². The van der Waals surface area contributed by atoms with Gasteiger partial charge in [-0.15, -0.1) is 24.0 Å². The molecule has 0 saturated heterocycles. The van der Waals surface area contributed by atoms with Crippen molar-refractivity contribution in [3.63, 3.8) is 0 Å². The average Bonchev–Trinajstić information content (AvgIpc) is 2.34. The fourth-order valence-corrected chi connectivity index (χ4v) is 1.82. The van der Waals surface area contributed by atoms with Crippen LogP contribution < -0.4 is 10.6 Å². The Morgan fingerprint density at radius 2 is 1.85 bits per heavy atom. The van der Waals surface area contributed by atoms with Crippen molar-refractivity contribution in [1.29, 1.82) is 0 Å². The van der Waals surface area contributed by atoms with Gasteiger partial charge < -0.3 is 15.4 Å². The zero-order valence-electron chi connectivity index (χ0n) is 13.9. The quantitative estimate of drug-likeness (QED) is 0.256. The number of guanidine groups is 1. The lowest BCUT2D eigenvalue weighted by Gasteiger charge is -2.18. The molecule has 0 aromatic rings. The zero-order valence-corrected chi connectivity index (χ0v) is 16.2.